The van der Waals surface area contributed by atoms with Crippen molar-refractivity contribution in [1.82, 2.24) is 10.3 Å². The van der Waals surface area contributed by atoms with Crippen LogP contribution in [-0.4, -0.2) is 11.0 Å². The molecule has 0 aliphatic heterocycles. The molecule has 0 saturated carbocycles. The predicted octanol–water partition coefficient (Wildman–Crippen LogP) is 4.90. The second-order valence-electron chi connectivity index (χ2n) is 6.46. The van der Waals surface area contributed by atoms with Crippen LogP contribution in [0.2, 0.25) is 0 Å². The molecule has 0 saturated heterocycles. The lowest BCUT2D eigenvalue weighted by atomic mass is 10.1. The normalized spacial score (nSPS) is 10.6. The molecule has 3 rings (SSSR count). The van der Waals surface area contributed by atoms with Gasteiger partial charge in [0.05, 0.1) is 6.54 Å². The maximum absolute atomic E-state index is 12.2. The maximum Gasteiger partial charge on any atom is 0.319 e. The van der Waals surface area contributed by atoms with E-state index in [1.165, 1.54) is 0 Å². The Morgan fingerprint density at radius 3 is 2.58 bits per heavy atom. The van der Waals surface area contributed by atoms with E-state index in [9.17, 15) is 4.79 Å². The number of hydrogen-bond acceptors (Lipinski definition) is 3. The van der Waals surface area contributed by atoms with Crippen LogP contribution < -0.4 is 10.6 Å². The Morgan fingerprint density at radius 2 is 1.81 bits per heavy atom. The molecule has 2 aromatic carbocycles. The third kappa shape index (κ3) is 3.94. The number of nitrogens with one attached hydrogen (secondary N) is 2. The Kier molecular flexibility index (Phi) is 5.07. The Labute approximate surface area is 153 Å². The van der Waals surface area contributed by atoms with Gasteiger partial charge in [0.25, 0.3) is 0 Å². The van der Waals surface area contributed by atoms with Gasteiger partial charge in [0.1, 0.15) is 11.5 Å². The van der Waals surface area contributed by atoms with Crippen molar-refractivity contribution in [3.8, 4) is 11.5 Å². The van der Waals surface area contributed by atoms with Gasteiger partial charge in [-0.2, -0.15) is 0 Å². The first-order chi connectivity index (χ1) is 12.4. The second kappa shape index (κ2) is 7.44. The molecule has 0 aliphatic carbocycles. The number of hydrogen-bond donors (Lipinski definition) is 2. The molecule has 0 unspecified atom stereocenters. The van der Waals surface area contributed by atoms with Crippen LogP contribution in [-0.2, 0) is 6.54 Å². The average Bonchev–Trinajstić information content (AvgIpc) is 2.97. The Bertz CT molecular complexity index is 944. The minimum absolute atomic E-state index is 0.265. The van der Waals surface area contributed by atoms with E-state index in [1.54, 1.807) is 0 Å². The molecule has 0 aliphatic rings. The molecule has 0 fully saturated rings. The summed E-state index contributed by atoms with van der Waals surface area (Å²) in [5, 5.41) is 5.72. The topological polar surface area (TPSA) is 67.2 Å². The first-order valence-corrected chi connectivity index (χ1v) is 8.58. The van der Waals surface area contributed by atoms with Crippen LogP contribution in [0.1, 0.15) is 28.1 Å². The van der Waals surface area contributed by atoms with Crippen molar-refractivity contribution in [1.29, 1.82) is 0 Å². The number of aromatic nitrogens is 1. The number of amides is 2. The van der Waals surface area contributed by atoms with Gasteiger partial charge in [0.2, 0.25) is 5.89 Å². The highest BCUT2D eigenvalue weighted by Gasteiger charge is 2.14. The zero-order chi connectivity index (χ0) is 18.7. The number of aryl methyl sites for hydroxylation is 4. The summed E-state index contributed by atoms with van der Waals surface area (Å²) in [6.07, 6.45) is 0. The number of rotatable bonds is 4. The van der Waals surface area contributed by atoms with Gasteiger partial charge in [0, 0.05) is 11.3 Å². The maximum atomic E-state index is 12.2. The van der Waals surface area contributed by atoms with E-state index in [0.717, 1.165) is 33.6 Å². The minimum Gasteiger partial charge on any atom is -0.441 e. The summed E-state index contributed by atoms with van der Waals surface area (Å²) >= 11 is 0. The molecule has 5 heteroatoms. The second-order valence-corrected chi connectivity index (χ2v) is 6.46. The van der Waals surface area contributed by atoms with Crippen molar-refractivity contribution in [3.63, 3.8) is 0 Å². The molecular weight excluding hydrogens is 326 g/mol. The summed E-state index contributed by atoms with van der Waals surface area (Å²) in [6, 6.07) is 13.6. The summed E-state index contributed by atoms with van der Waals surface area (Å²) in [4.78, 5) is 16.8. The molecular formula is C21H23N3O2. The van der Waals surface area contributed by atoms with Crippen molar-refractivity contribution in [2.45, 2.75) is 34.2 Å². The molecule has 1 heterocycles. The largest absolute Gasteiger partial charge is 0.441 e. The van der Waals surface area contributed by atoms with Crippen molar-refractivity contribution in [2.75, 3.05) is 5.32 Å². The third-order valence-corrected chi connectivity index (χ3v) is 4.33. The first-order valence-electron chi connectivity index (χ1n) is 8.58. The van der Waals surface area contributed by atoms with Gasteiger partial charge in [0.15, 0.2) is 0 Å². The number of anilines is 1. The summed E-state index contributed by atoms with van der Waals surface area (Å²) < 4.78 is 5.78. The summed E-state index contributed by atoms with van der Waals surface area (Å²) in [7, 11) is 0. The van der Waals surface area contributed by atoms with E-state index >= 15 is 0 Å². The van der Waals surface area contributed by atoms with Crippen molar-refractivity contribution < 1.29 is 9.21 Å². The van der Waals surface area contributed by atoms with Crippen molar-refractivity contribution >= 4 is 11.7 Å². The van der Waals surface area contributed by atoms with Crippen LogP contribution >= 0.6 is 0 Å². The number of carbonyl (C=O) groups is 1. The fraction of sp³-hybridized carbons (Fsp3) is 0.238. The van der Waals surface area contributed by atoms with Crippen LogP contribution in [0.3, 0.4) is 0 Å². The summed E-state index contributed by atoms with van der Waals surface area (Å²) in [5.41, 5.74) is 5.70. The fourth-order valence-corrected chi connectivity index (χ4v) is 2.72. The van der Waals surface area contributed by atoms with E-state index < -0.39 is 0 Å². The van der Waals surface area contributed by atoms with Gasteiger partial charge in [-0.25, -0.2) is 9.78 Å². The number of carbonyl (C=O) groups excluding carboxylic acids is 1. The molecule has 3 aromatic rings. The SMILES string of the molecule is Cc1ccc(C)c(NC(=O)NCc2nc(-c3ccccc3C)oc2C)c1. The lowest BCUT2D eigenvalue weighted by Gasteiger charge is -2.10. The number of oxazole rings is 1. The van der Waals surface area contributed by atoms with E-state index in [-0.39, 0.29) is 6.03 Å². The highest BCUT2D eigenvalue weighted by molar-refractivity contribution is 5.90. The molecule has 2 amide bonds. The predicted molar refractivity (Wildman–Crippen MR) is 103 cm³/mol. The van der Waals surface area contributed by atoms with E-state index in [4.69, 9.17) is 4.42 Å². The Balaban J connectivity index is 1.67. The summed E-state index contributed by atoms with van der Waals surface area (Å²) in [5.74, 6) is 1.28. The molecule has 5 nitrogen and oxygen atoms in total. The van der Waals surface area contributed by atoms with Crippen LogP contribution in [0.5, 0.6) is 0 Å². The molecule has 0 radical (unpaired) electrons. The van der Waals surface area contributed by atoms with Gasteiger partial charge >= 0.3 is 6.03 Å². The lowest BCUT2D eigenvalue weighted by molar-refractivity contribution is 0.251. The van der Waals surface area contributed by atoms with Crippen molar-refractivity contribution in [3.05, 3.63) is 70.6 Å². The minimum atomic E-state index is -0.265. The lowest BCUT2D eigenvalue weighted by Crippen LogP contribution is -2.28. The van der Waals surface area contributed by atoms with Gasteiger partial charge in [-0.15, -0.1) is 0 Å². The van der Waals surface area contributed by atoms with Gasteiger partial charge in [-0.3, -0.25) is 0 Å². The monoisotopic (exact) mass is 349 g/mol. The number of benzene rings is 2. The molecule has 134 valence electrons. The molecule has 1 aromatic heterocycles. The standard InChI is InChI=1S/C21H23N3O2/c1-13-9-10-15(3)18(11-13)24-21(25)22-12-19-16(4)26-20(23-19)17-8-6-5-7-14(17)2/h5-11H,12H2,1-4H3,(H2,22,24,25). The van der Waals surface area contributed by atoms with Crippen LogP contribution in [0.15, 0.2) is 46.9 Å². The smallest absolute Gasteiger partial charge is 0.319 e. The molecule has 26 heavy (non-hydrogen) atoms. The van der Waals surface area contributed by atoms with Crippen molar-refractivity contribution in [2.24, 2.45) is 0 Å². The fourth-order valence-electron chi connectivity index (χ4n) is 2.72. The zero-order valence-electron chi connectivity index (χ0n) is 15.5. The van der Waals surface area contributed by atoms with Gasteiger partial charge < -0.3 is 15.1 Å². The number of nitrogens with zero attached hydrogens (tertiary/aromatic N) is 1. The molecule has 0 bridgehead atoms. The summed E-state index contributed by atoms with van der Waals surface area (Å²) in [6.45, 7) is 8.14. The highest BCUT2D eigenvalue weighted by atomic mass is 16.4. The Morgan fingerprint density at radius 1 is 1.04 bits per heavy atom. The molecule has 0 atom stereocenters. The number of urea groups is 1. The van der Waals surface area contributed by atoms with Gasteiger partial charge in [-0.05, 0) is 56.5 Å². The first kappa shape index (κ1) is 17.7. The van der Waals surface area contributed by atoms with Gasteiger partial charge in [-0.1, -0.05) is 30.3 Å². The Hall–Kier alpha value is -3.08. The van der Waals surface area contributed by atoms with E-state index in [0.29, 0.717) is 18.2 Å². The van der Waals surface area contributed by atoms with Crippen LogP contribution in [0, 0.1) is 27.7 Å². The van der Waals surface area contributed by atoms with Crippen LogP contribution in [0.4, 0.5) is 10.5 Å². The highest BCUT2D eigenvalue weighted by Crippen LogP contribution is 2.24. The van der Waals surface area contributed by atoms with Crippen LogP contribution in [0.25, 0.3) is 11.5 Å². The van der Waals surface area contributed by atoms with E-state index in [2.05, 4.69) is 15.6 Å². The zero-order valence-corrected chi connectivity index (χ0v) is 15.5. The van der Waals surface area contributed by atoms with E-state index in [1.807, 2.05) is 70.2 Å². The quantitative estimate of drug-likeness (QED) is 0.704. The molecule has 2 N–H and O–H groups in total. The average molecular weight is 349 g/mol. The molecule has 0 spiro atoms. The third-order valence-electron chi connectivity index (χ3n) is 4.33.